The second-order valence-corrected chi connectivity index (χ2v) is 5.90. The van der Waals surface area contributed by atoms with Crippen LogP contribution in [0.3, 0.4) is 0 Å². The average Bonchev–Trinajstić information content (AvgIpc) is 2.80. The van der Waals surface area contributed by atoms with E-state index in [0.717, 1.165) is 6.42 Å². The summed E-state index contributed by atoms with van der Waals surface area (Å²) in [6.07, 6.45) is 8.74. The van der Waals surface area contributed by atoms with Crippen LogP contribution >= 0.6 is 0 Å². The maximum absolute atomic E-state index is 11.9. The van der Waals surface area contributed by atoms with E-state index in [1.807, 2.05) is 0 Å². The zero-order valence-corrected chi connectivity index (χ0v) is 12.3. The van der Waals surface area contributed by atoms with E-state index in [-0.39, 0.29) is 17.9 Å². The highest BCUT2D eigenvalue weighted by Gasteiger charge is 2.29. The number of nitrogens with two attached hydrogens (primary N) is 1. The third-order valence-electron chi connectivity index (χ3n) is 4.27. The van der Waals surface area contributed by atoms with Crippen LogP contribution in [0.15, 0.2) is 0 Å². The maximum atomic E-state index is 11.9. The number of carbonyl (C=O) groups excluding carboxylic acids is 1. The van der Waals surface area contributed by atoms with E-state index in [4.69, 9.17) is 15.2 Å². The number of carbonyl (C=O) groups is 1. The molecule has 3 N–H and O–H groups in total. The first-order chi connectivity index (χ1) is 9.79. The highest BCUT2D eigenvalue weighted by molar-refractivity contribution is 5.79. The summed E-state index contributed by atoms with van der Waals surface area (Å²) in [5, 5.41) is 2.94. The highest BCUT2D eigenvalue weighted by atomic mass is 16.5. The Bertz CT molecular complexity index is 291. The summed E-state index contributed by atoms with van der Waals surface area (Å²) in [4.78, 5) is 11.9. The zero-order chi connectivity index (χ0) is 14.2. The molecule has 2 fully saturated rings. The summed E-state index contributed by atoms with van der Waals surface area (Å²) in [5.74, 6) is 0.0341. The lowest BCUT2D eigenvalue weighted by molar-refractivity contribution is -0.125. The maximum Gasteiger partial charge on any atom is 0.225 e. The monoisotopic (exact) mass is 284 g/mol. The Labute approximate surface area is 121 Å². The van der Waals surface area contributed by atoms with E-state index in [2.05, 4.69) is 5.32 Å². The van der Waals surface area contributed by atoms with Crippen LogP contribution in [0, 0.1) is 5.92 Å². The van der Waals surface area contributed by atoms with Gasteiger partial charge < -0.3 is 20.5 Å². The van der Waals surface area contributed by atoms with Gasteiger partial charge in [0.2, 0.25) is 5.91 Å². The Morgan fingerprint density at radius 1 is 1.25 bits per heavy atom. The Morgan fingerprint density at radius 3 is 2.65 bits per heavy atom. The van der Waals surface area contributed by atoms with Crippen molar-refractivity contribution in [2.45, 2.75) is 57.2 Å². The molecule has 1 amide bonds. The molecular formula is C15H28N2O3. The van der Waals surface area contributed by atoms with Crippen LogP contribution in [0.25, 0.3) is 0 Å². The van der Waals surface area contributed by atoms with Gasteiger partial charge in [0.05, 0.1) is 31.3 Å². The van der Waals surface area contributed by atoms with Gasteiger partial charge in [-0.05, 0) is 19.3 Å². The van der Waals surface area contributed by atoms with E-state index in [9.17, 15) is 4.79 Å². The lowest BCUT2D eigenvalue weighted by atomic mass is 10.1. The molecule has 0 unspecified atom stereocenters. The van der Waals surface area contributed by atoms with Crippen molar-refractivity contribution < 1.29 is 14.3 Å². The quantitative estimate of drug-likeness (QED) is 0.568. The zero-order valence-electron chi connectivity index (χ0n) is 12.3. The number of amides is 1. The summed E-state index contributed by atoms with van der Waals surface area (Å²) in [7, 11) is 0. The summed E-state index contributed by atoms with van der Waals surface area (Å²) >= 11 is 0. The molecule has 20 heavy (non-hydrogen) atoms. The summed E-state index contributed by atoms with van der Waals surface area (Å²) in [6, 6.07) is 0. The molecule has 1 aliphatic carbocycles. The van der Waals surface area contributed by atoms with Gasteiger partial charge in [-0.25, -0.2) is 0 Å². The molecule has 0 aromatic carbocycles. The smallest absolute Gasteiger partial charge is 0.225 e. The molecule has 5 nitrogen and oxygen atoms in total. The molecule has 2 rings (SSSR count). The number of ether oxygens (including phenoxy) is 2. The van der Waals surface area contributed by atoms with Gasteiger partial charge >= 0.3 is 0 Å². The van der Waals surface area contributed by atoms with E-state index in [1.54, 1.807) is 0 Å². The molecule has 5 heteroatoms. The van der Waals surface area contributed by atoms with Crippen LogP contribution in [0.5, 0.6) is 0 Å². The van der Waals surface area contributed by atoms with E-state index in [0.29, 0.717) is 32.4 Å². The topological polar surface area (TPSA) is 73.6 Å². The van der Waals surface area contributed by atoms with Crippen molar-refractivity contribution in [1.29, 1.82) is 0 Å². The van der Waals surface area contributed by atoms with Crippen molar-refractivity contribution in [2.24, 2.45) is 11.7 Å². The van der Waals surface area contributed by atoms with Crippen molar-refractivity contribution >= 4 is 5.91 Å². The normalized spacial score (nSPS) is 28.2. The van der Waals surface area contributed by atoms with Gasteiger partial charge in [-0.15, -0.1) is 0 Å². The van der Waals surface area contributed by atoms with Gasteiger partial charge in [0.15, 0.2) is 0 Å². The molecule has 0 bridgehead atoms. The summed E-state index contributed by atoms with van der Waals surface area (Å²) in [5.41, 5.74) is 5.54. The molecule has 0 aromatic heterocycles. The number of nitrogens with one attached hydrogen (secondary N) is 1. The predicted octanol–water partition coefficient (Wildman–Crippen LogP) is 1.21. The van der Waals surface area contributed by atoms with Gasteiger partial charge in [-0.2, -0.15) is 0 Å². The molecule has 1 aliphatic heterocycles. The minimum atomic E-state index is -0.0403. The molecule has 2 aliphatic rings. The Balaban J connectivity index is 1.55. The van der Waals surface area contributed by atoms with Crippen LogP contribution in [0.2, 0.25) is 0 Å². The fourth-order valence-electron chi connectivity index (χ4n) is 3.01. The number of hydrogen-bond acceptors (Lipinski definition) is 4. The number of rotatable bonds is 6. The van der Waals surface area contributed by atoms with E-state index < -0.39 is 0 Å². The molecule has 1 saturated carbocycles. The molecule has 0 aromatic rings. The largest absolute Gasteiger partial charge is 0.376 e. The first-order valence-corrected chi connectivity index (χ1v) is 8.00. The van der Waals surface area contributed by atoms with Crippen LogP contribution in [0.1, 0.15) is 44.9 Å². The standard InChI is InChI=1S/C15H28N2O3/c16-10-14-9-12(11-20-14)15(18)17-7-8-19-13-5-3-1-2-4-6-13/h12-14H,1-11,16H2,(H,17,18)/t12-,14-/m0/s1. The van der Waals surface area contributed by atoms with Crippen LogP contribution in [-0.2, 0) is 14.3 Å². The molecule has 116 valence electrons. The van der Waals surface area contributed by atoms with Gasteiger partial charge in [0.1, 0.15) is 0 Å². The Morgan fingerprint density at radius 2 is 2.00 bits per heavy atom. The van der Waals surface area contributed by atoms with E-state index in [1.165, 1.54) is 38.5 Å². The fraction of sp³-hybridized carbons (Fsp3) is 0.933. The lowest BCUT2D eigenvalue weighted by Crippen LogP contribution is -2.34. The summed E-state index contributed by atoms with van der Waals surface area (Å²) in [6.45, 7) is 2.20. The average molecular weight is 284 g/mol. The SMILES string of the molecule is NC[C@@H]1C[C@H](C(=O)NCCOC2CCCCCC2)CO1. The van der Waals surface area contributed by atoms with Crippen molar-refractivity contribution in [3.05, 3.63) is 0 Å². The first kappa shape index (κ1) is 15.7. The van der Waals surface area contributed by atoms with Gasteiger partial charge in [-0.1, -0.05) is 25.7 Å². The van der Waals surface area contributed by atoms with Crippen molar-refractivity contribution in [1.82, 2.24) is 5.32 Å². The molecule has 1 heterocycles. The minimum Gasteiger partial charge on any atom is -0.376 e. The van der Waals surface area contributed by atoms with Gasteiger partial charge in [0.25, 0.3) is 0 Å². The third kappa shape index (κ3) is 5.04. The second kappa shape index (κ2) is 8.60. The summed E-state index contributed by atoms with van der Waals surface area (Å²) < 4.78 is 11.3. The van der Waals surface area contributed by atoms with Crippen molar-refractivity contribution in [3.63, 3.8) is 0 Å². The first-order valence-electron chi connectivity index (χ1n) is 8.00. The van der Waals surface area contributed by atoms with Crippen LogP contribution < -0.4 is 11.1 Å². The third-order valence-corrected chi connectivity index (χ3v) is 4.27. The fourth-order valence-corrected chi connectivity index (χ4v) is 3.01. The Hall–Kier alpha value is -0.650. The van der Waals surface area contributed by atoms with Crippen molar-refractivity contribution in [2.75, 3.05) is 26.3 Å². The lowest BCUT2D eigenvalue weighted by Gasteiger charge is -2.16. The van der Waals surface area contributed by atoms with Crippen LogP contribution in [0.4, 0.5) is 0 Å². The molecule has 0 spiro atoms. The van der Waals surface area contributed by atoms with E-state index >= 15 is 0 Å². The molecule has 1 saturated heterocycles. The molecule has 0 radical (unpaired) electrons. The number of hydrogen-bond donors (Lipinski definition) is 2. The second-order valence-electron chi connectivity index (χ2n) is 5.90. The van der Waals surface area contributed by atoms with Gasteiger partial charge in [0, 0.05) is 13.1 Å². The predicted molar refractivity (Wildman–Crippen MR) is 77.4 cm³/mol. The Kier molecular flexibility index (Phi) is 6.76. The van der Waals surface area contributed by atoms with Crippen LogP contribution in [-0.4, -0.2) is 44.4 Å². The van der Waals surface area contributed by atoms with Gasteiger partial charge in [-0.3, -0.25) is 4.79 Å². The molecule has 2 atom stereocenters. The minimum absolute atomic E-state index is 0.0403. The van der Waals surface area contributed by atoms with Crippen molar-refractivity contribution in [3.8, 4) is 0 Å². The molecular weight excluding hydrogens is 256 g/mol. The highest BCUT2D eigenvalue weighted by Crippen LogP contribution is 2.20.